The molecule has 0 aliphatic heterocycles. The summed E-state index contributed by atoms with van der Waals surface area (Å²) in [4.78, 5) is 10.6. The molecule has 0 amide bonds. The smallest absolute Gasteiger partial charge is 0.303 e. The van der Waals surface area contributed by atoms with Crippen LogP contribution >= 0.6 is 0 Å². The van der Waals surface area contributed by atoms with Crippen molar-refractivity contribution in [3.8, 4) is 11.8 Å². The Bertz CT molecular complexity index is 222. The van der Waals surface area contributed by atoms with Crippen molar-refractivity contribution in [3.63, 3.8) is 0 Å². The number of hydrogen-bond donors (Lipinski definition) is 0. The highest BCUT2D eigenvalue weighted by Crippen LogP contribution is 2.04. The van der Waals surface area contributed by atoms with E-state index in [0.29, 0.717) is 0 Å². The molecule has 0 rings (SSSR count). The third-order valence-electron chi connectivity index (χ3n) is 2.05. The molecule has 0 aliphatic carbocycles. The highest BCUT2D eigenvalue weighted by molar-refractivity contribution is 5.66. The lowest BCUT2D eigenvalue weighted by molar-refractivity contribution is -0.143. The van der Waals surface area contributed by atoms with Crippen LogP contribution < -0.4 is 0 Å². The van der Waals surface area contributed by atoms with Gasteiger partial charge < -0.3 is 4.74 Å². The van der Waals surface area contributed by atoms with Gasteiger partial charge in [0.25, 0.3) is 0 Å². The van der Waals surface area contributed by atoms with Crippen molar-refractivity contribution < 1.29 is 9.53 Å². The third-order valence-corrected chi connectivity index (χ3v) is 2.05. The maximum absolute atomic E-state index is 10.6. The Morgan fingerprint density at radius 3 is 2.53 bits per heavy atom. The minimum Gasteiger partial charge on any atom is -0.450 e. The molecule has 0 heterocycles. The lowest BCUT2D eigenvalue weighted by atomic mass is 10.1. The van der Waals surface area contributed by atoms with E-state index in [4.69, 9.17) is 4.74 Å². The number of carbonyl (C=O) groups excluding carboxylic acids is 1. The standard InChI is InChI=1S/C13H22O2/c1-4-5-6-7-8-9-10-11-12(2)15-13(3)14/h12H,4-9H2,1-3H3. The highest BCUT2D eigenvalue weighted by atomic mass is 16.5. The van der Waals surface area contributed by atoms with Gasteiger partial charge in [0.2, 0.25) is 0 Å². The van der Waals surface area contributed by atoms with Gasteiger partial charge in [-0.25, -0.2) is 0 Å². The van der Waals surface area contributed by atoms with Crippen molar-refractivity contribution in [2.24, 2.45) is 0 Å². The average Bonchev–Trinajstić information content (AvgIpc) is 2.15. The minimum absolute atomic E-state index is 0.264. The van der Waals surface area contributed by atoms with Gasteiger partial charge in [-0.15, -0.1) is 0 Å². The number of esters is 1. The van der Waals surface area contributed by atoms with E-state index in [1.165, 1.54) is 32.6 Å². The number of ether oxygens (including phenoxy) is 1. The maximum atomic E-state index is 10.6. The van der Waals surface area contributed by atoms with Crippen LogP contribution in [0.15, 0.2) is 0 Å². The molecule has 2 heteroatoms. The Labute approximate surface area is 93.4 Å². The van der Waals surface area contributed by atoms with Crippen LogP contribution in [-0.4, -0.2) is 12.1 Å². The van der Waals surface area contributed by atoms with Crippen molar-refractivity contribution in [1.29, 1.82) is 0 Å². The molecule has 0 saturated carbocycles. The predicted molar refractivity (Wildman–Crippen MR) is 62.4 cm³/mol. The number of carbonyl (C=O) groups is 1. The summed E-state index contributed by atoms with van der Waals surface area (Å²) in [6.45, 7) is 5.41. The molecule has 0 radical (unpaired) electrons. The maximum Gasteiger partial charge on any atom is 0.303 e. The molecule has 86 valence electrons. The first-order valence-corrected chi connectivity index (χ1v) is 5.82. The second-order valence-corrected chi connectivity index (χ2v) is 3.74. The van der Waals surface area contributed by atoms with Gasteiger partial charge in [-0.3, -0.25) is 4.79 Å². The van der Waals surface area contributed by atoms with Crippen LogP contribution in [0.25, 0.3) is 0 Å². The largest absolute Gasteiger partial charge is 0.450 e. The van der Waals surface area contributed by atoms with E-state index in [-0.39, 0.29) is 12.1 Å². The van der Waals surface area contributed by atoms with Crippen molar-refractivity contribution in [2.45, 2.75) is 65.4 Å². The summed E-state index contributed by atoms with van der Waals surface area (Å²) in [6.07, 6.45) is 6.95. The van der Waals surface area contributed by atoms with Gasteiger partial charge in [0.15, 0.2) is 6.10 Å². The van der Waals surface area contributed by atoms with E-state index in [9.17, 15) is 4.79 Å². The number of hydrogen-bond acceptors (Lipinski definition) is 2. The van der Waals surface area contributed by atoms with Crippen molar-refractivity contribution >= 4 is 5.97 Å². The van der Waals surface area contributed by atoms with Gasteiger partial charge in [0.05, 0.1) is 0 Å². The highest BCUT2D eigenvalue weighted by Gasteiger charge is 1.98. The quantitative estimate of drug-likeness (QED) is 0.382. The molecule has 0 fully saturated rings. The minimum atomic E-state index is -0.266. The Morgan fingerprint density at radius 2 is 1.93 bits per heavy atom. The fourth-order valence-corrected chi connectivity index (χ4v) is 1.31. The van der Waals surface area contributed by atoms with Crippen LogP contribution in [0.4, 0.5) is 0 Å². The molecule has 0 spiro atoms. The van der Waals surface area contributed by atoms with E-state index < -0.39 is 0 Å². The molecule has 1 unspecified atom stereocenters. The monoisotopic (exact) mass is 210 g/mol. The normalized spacial score (nSPS) is 11.4. The summed E-state index contributed by atoms with van der Waals surface area (Å²) < 4.78 is 4.88. The van der Waals surface area contributed by atoms with Crippen molar-refractivity contribution in [2.75, 3.05) is 0 Å². The first-order valence-electron chi connectivity index (χ1n) is 5.82. The third kappa shape index (κ3) is 11.0. The zero-order valence-electron chi connectivity index (χ0n) is 10.1. The van der Waals surface area contributed by atoms with Gasteiger partial charge in [-0.1, -0.05) is 44.4 Å². The molecular formula is C13H22O2. The zero-order valence-corrected chi connectivity index (χ0v) is 10.1. The van der Waals surface area contributed by atoms with Crippen LogP contribution in [0, 0.1) is 11.8 Å². The van der Waals surface area contributed by atoms with Gasteiger partial charge in [-0.05, 0) is 13.3 Å². The molecule has 0 aliphatic rings. The SMILES string of the molecule is CCCCCCCC#CC(C)OC(C)=O. The second-order valence-electron chi connectivity index (χ2n) is 3.74. The molecule has 0 aromatic rings. The van der Waals surface area contributed by atoms with Gasteiger partial charge in [0, 0.05) is 13.3 Å². The fourth-order valence-electron chi connectivity index (χ4n) is 1.31. The topological polar surface area (TPSA) is 26.3 Å². The lowest BCUT2D eigenvalue weighted by Gasteiger charge is -2.02. The summed E-state index contributed by atoms with van der Waals surface area (Å²) in [6, 6.07) is 0. The van der Waals surface area contributed by atoms with Crippen molar-refractivity contribution in [1.82, 2.24) is 0 Å². The molecule has 1 atom stereocenters. The Morgan fingerprint density at radius 1 is 1.27 bits per heavy atom. The predicted octanol–water partition coefficient (Wildman–Crippen LogP) is 3.30. The van der Waals surface area contributed by atoms with E-state index in [2.05, 4.69) is 18.8 Å². The first kappa shape index (κ1) is 14.0. The summed E-state index contributed by atoms with van der Waals surface area (Å²) >= 11 is 0. The molecular weight excluding hydrogens is 188 g/mol. The van der Waals surface area contributed by atoms with E-state index in [0.717, 1.165) is 12.8 Å². The molecule has 0 saturated heterocycles. The zero-order chi connectivity index (χ0) is 11.5. The average molecular weight is 210 g/mol. The molecule has 0 N–H and O–H groups in total. The molecule has 0 bridgehead atoms. The summed E-state index contributed by atoms with van der Waals surface area (Å²) in [5.74, 6) is 5.69. The number of rotatable bonds is 6. The summed E-state index contributed by atoms with van der Waals surface area (Å²) in [7, 11) is 0. The van der Waals surface area contributed by atoms with E-state index in [1.54, 1.807) is 6.92 Å². The Balaban J connectivity index is 3.40. The van der Waals surface area contributed by atoms with Gasteiger partial charge in [0.1, 0.15) is 0 Å². The van der Waals surface area contributed by atoms with Crippen LogP contribution in [0.5, 0.6) is 0 Å². The summed E-state index contributed by atoms with van der Waals surface area (Å²) in [5.41, 5.74) is 0. The van der Waals surface area contributed by atoms with Crippen molar-refractivity contribution in [3.05, 3.63) is 0 Å². The number of unbranched alkanes of at least 4 members (excludes halogenated alkanes) is 5. The van der Waals surface area contributed by atoms with E-state index in [1.807, 2.05) is 0 Å². The second kappa shape index (κ2) is 9.58. The lowest BCUT2D eigenvalue weighted by Crippen LogP contribution is -2.09. The summed E-state index contributed by atoms with van der Waals surface area (Å²) in [5, 5.41) is 0. The Kier molecular flexibility index (Phi) is 8.96. The van der Waals surface area contributed by atoms with Crippen LogP contribution in [0.3, 0.4) is 0 Å². The molecule has 15 heavy (non-hydrogen) atoms. The van der Waals surface area contributed by atoms with Gasteiger partial charge in [-0.2, -0.15) is 0 Å². The van der Waals surface area contributed by atoms with Crippen LogP contribution in [0.2, 0.25) is 0 Å². The van der Waals surface area contributed by atoms with Crippen LogP contribution in [0.1, 0.15) is 59.3 Å². The molecule has 0 aromatic heterocycles. The van der Waals surface area contributed by atoms with E-state index >= 15 is 0 Å². The van der Waals surface area contributed by atoms with Crippen LogP contribution in [-0.2, 0) is 9.53 Å². The van der Waals surface area contributed by atoms with Gasteiger partial charge >= 0.3 is 5.97 Å². The first-order chi connectivity index (χ1) is 7.16. The Hall–Kier alpha value is -0.970. The molecule has 2 nitrogen and oxygen atoms in total. The molecule has 0 aromatic carbocycles. The fraction of sp³-hybridized carbons (Fsp3) is 0.769.